The zero-order chi connectivity index (χ0) is 22.3. The summed E-state index contributed by atoms with van der Waals surface area (Å²) >= 11 is 0. The number of nitrogens with one attached hydrogen (secondary N) is 1. The summed E-state index contributed by atoms with van der Waals surface area (Å²) in [4.78, 5) is 31.0. The Labute approximate surface area is 174 Å². The van der Waals surface area contributed by atoms with Crippen LogP contribution in [-0.4, -0.2) is 27.9 Å². The van der Waals surface area contributed by atoms with Gasteiger partial charge in [-0.2, -0.15) is 17.6 Å². The zero-order valence-electron chi connectivity index (χ0n) is 16.2. The third-order valence-electron chi connectivity index (χ3n) is 5.00. The second kappa shape index (κ2) is 7.53. The van der Waals surface area contributed by atoms with Crippen molar-refractivity contribution in [3.05, 3.63) is 77.6 Å². The second-order valence-electron chi connectivity index (χ2n) is 7.10. The first-order chi connectivity index (χ1) is 14.7. The highest BCUT2D eigenvalue weighted by atomic mass is 19.4. The van der Waals surface area contributed by atoms with Gasteiger partial charge in [0.25, 0.3) is 11.8 Å². The van der Waals surface area contributed by atoms with Crippen molar-refractivity contribution < 1.29 is 27.2 Å². The molecule has 1 aliphatic heterocycles. The number of nitrogens with zero attached hydrogens (tertiary/aromatic N) is 3. The number of alkyl halides is 3. The average Bonchev–Trinajstić information content (AvgIpc) is 3.09. The molecule has 1 aromatic carbocycles. The summed E-state index contributed by atoms with van der Waals surface area (Å²) in [6.07, 6.45) is -1.59. The van der Waals surface area contributed by atoms with Crippen LogP contribution in [0.1, 0.15) is 39.4 Å². The number of amides is 2. The van der Waals surface area contributed by atoms with Crippen LogP contribution in [0, 0.1) is 5.95 Å². The Kier molecular flexibility index (Phi) is 5.00. The predicted molar refractivity (Wildman–Crippen MR) is 104 cm³/mol. The first-order valence-corrected chi connectivity index (χ1v) is 9.28. The first kappa shape index (κ1) is 20.6. The number of carbonyl (C=O) groups excluding carboxylic acids is 2. The monoisotopic (exact) mass is 432 g/mol. The van der Waals surface area contributed by atoms with Crippen LogP contribution in [0.15, 0.2) is 54.9 Å². The molecule has 1 atom stereocenters. The maximum absolute atomic E-state index is 14.6. The molecule has 0 spiro atoms. The van der Waals surface area contributed by atoms with Gasteiger partial charge in [0.1, 0.15) is 5.69 Å². The summed E-state index contributed by atoms with van der Waals surface area (Å²) in [7, 11) is 0. The van der Waals surface area contributed by atoms with Crippen molar-refractivity contribution in [3.8, 4) is 0 Å². The fraction of sp³-hybridized carbons (Fsp3) is 0.190. The zero-order valence-corrected chi connectivity index (χ0v) is 16.2. The van der Waals surface area contributed by atoms with Crippen LogP contribution in [0.5, 0.6) is 0 Å². The molecule has 0 bridgehead atoms. The van der Waals surface area contributed by atoms with E-state index in [4.69, 9.17) is 0 Å². The molecule has 2 amide bonds. The molecule has 1 aliphatic rings. The molecule has 0 unspecified atom stereocenters. The van der Waals surface area contributed by atoms with E-state index in [1.165, 1.54) is 29.4 Å². The number of hydrogen-bond acceptors (Lipinski definition) is 3. The van der Waals surface area contributed by atoms with Crippen LogP contribution < -0.4 is 10.2 Å². The molecule has 1 N–H and O–H groups in total. The minimum atomic E-state index is -4.51. The van der Waals surface area contributed by atoms with E-state index in [-0.39, 0.29) is 23.5 Å². The largest absolute Gasteiger partial charge is 0.416 e. The lowest BCUT2D eigenvalue weighted by atomic mass is 10.1. The number of carbonyl (C=O) groups is 2. The van der Waals surface area contributed by atoms with Crippen molar-refractivity contribution in [2.24, 2.45) is 0 Å². The number of benzene rings is 1. The molecule has 3 heterocycles. The molecule has 6 nitrogen and oxygen atoms in total. The van der Waals surface area contributed by atoms with Crippen LogP contribution >= 0.6 is 0 Å². The fourth-order valence-electron chi connectivity index (χ4n) is 3.56. The molecular weight excluding hydrogens is 416 g/mol. The molecular formula is C21H16F4N4O2. The molecule has 0 saturated heterocycles. The third kappa shape index (κ3) is 3.76. The van der Waals surface area contributed by atoms with E-state index in [1.54, 1.807) is 19.1 Å². The molecule has 0 radical (unpaired) electrons. The van der Waals surface area contributed by atoms with Gasteiger partial charge in [0, 0.05) is 24.5 Å². The van der Waals surface area contributed by atoms with Gasteiger partial charge < -0.3 is 14.8 Å². The van der Waals surface area contributed by atoms with Gasteiger partial charge in [-0.25, -0.2) is 0 Å². The van der Waals surface area contributed by atoms with Crippen molar-refractivity contribution >= 4 is 23.2 Å². The molecule has 160 valence electrons. The Morgan fingerprint density at radius 3 is 2.52 bits per heavy atom. The van der Waals surface area contributed by atoms with E-state index in [1.807, 2.05) is 0 Å². The maximum atomic E-state index is 14.6. The van der Waals surface area contributed by atoms with Crippen LogP contribution in [0.25, 0.3) is 0 Å². The van der Waals surface area contributed by atoms with E-state index in [0.29, 0.717) is 5.69 Å². The minimum absolute atomic E-state index is 0.0342. The van der Waals surface area contributed by atoms with Gasteiger partial charge in [-0.05, 0) is 43.3 Å². The Hall–Kier alpha value is -3.69. The molecule has 0 saturated carbocycles. The Morgan fingerprint density at radius 1 is 1.19 bits per heavy atom. The lowest BCUT2D eigenvalue weighted by Gasteiger charge is -2.33. The Bertz CT molecular complexity index is 1140. The van der Waals surface area contributed by atoms with Crippen molar-refractivity contribution in [1.29, 1.82) is 0 Å². The van der Waals surface area contributed by atoms with E-state index in [0.717, 1.165) is 22.8 Å². The number of halogens is 4. The number of rotatable bonds is 3. The summed E-state index contributed by atoms with van der Waals surface area (Å²) in [5.74, 6) is -2.13. The highest BCUT2D eigenvalue weighted by Gasteiger charge is 2.37. The number of anilines is 2. The molecule has 10 heteroatoms. The summed E-state index contributed by atoms with van der Waals surface area (Å²) in [6.45, 7) is 1.69. The number of hydrogen-bond donors (Lipinski definition) is 1. The van der Waals surface area contributed by atoms with Gasteiger partial charge in [-0.15, -0.1) is 0 Å². The van der Waals surface area contributed by atoms with Gasteiger partial charge in [0.05, 0.1) is 29.1 Å². The normalized spacial score (nSPS) is 16.2. The van der Waals surface area contributed by atoms with Crippen molar-refractivity contribution in [3.63, 3.8) is 0 Å². The predicted octanol–water partition coefficient (Wildman–Crippen LogP) is 4.51. The minimum Gasteiger partial charge on any atom is -0.321 e. The Morgan fingerprint density at radius 2 is 1.90 bits per heavy atom. The second-order valence-corrected chi connectivity index (χ2v) is 7.10. The fourth-order valence-corrected chi connectivity index (χ4v) is 3.56. The third-order valence-corrected chi connectivity index (χ3v) is 5.00. The summed E-state index contributed by atoms with van der Waals surface area (Å²) in [5.41, 5.74) is -0.604. The molecule has 31 heavy (non-hydrogen) atoms. The average molecular weight is 432 g/mol. The number of pyridine rings is 1. The van der Waals surface area contributed by atoms with E-state index in [9.17, 15) is 27.2 Å². The highest BCUT2D eigenvalue weighted by molar-refractivity contribution is 6.16. The van der Waals surface area contributed by atoms with Crippen molar-refractivity contribution in [2.45, 2.75) is 19.1 Å². The molecule has 2 aromatic heterocycles. The number of fused-ring (bicyclic) bond motifs is 1. The van der Waals surface area contributed by atoms with Gasteiger partial charge in [0.15, 0.2) is 5.95 Å². The lowest BCUT2D eigenvalue weighted by molar-refractivity contribution is -0.137. The van der Waals surface area contributed by atoms with Gasteiger partial charge >= 0.3 is 6.18 Å². The lowest BCUT2D eigenvalue weighted by Crippen LogP contribution is -2.43. The van der Waals surface area contributed by atoms with Crippen LogP contribution in [0.4, 0.5) is 28.9 Å². The summed E-state index contributed by atoms with van der Waals surface area (Å²) in [6, 6.07) is 7.72. The topological polar surface area (TPSA) is 67.2 Å². The number of aromatic nitrogens is 2. The SMILES string of the molecule is C[C@H]1CN(c2ccc(C(F)(F)F)cc2)C(=O)c2c(C(=O)Nc3cccnc3)cc(F)n21. The van der Waals surface area contributed by atoms with Crippen molar-refractivity contribution in [1.82, 2.24) is 9.55 Å². The van der Waals surface area contributed by atoms with Crippen molar-refractivity contribution in [2.75, 3.05) is 16.8 Å². The Balaban J connectivity index is 1.69. The van der Waals surface area contributed by atoms with Gasteiger partial charge in [0.2, 0.25) is 0 Å². The van der Waals surface area contributed by atoms with E-state index >= 15 is 0 Å². The molecule has 3 aromatic rings. The molecule has 0 fully saturated rings. The van der Waals surface area contributed by atoms with Crippen LogP contribution in [0.3, 0.4) is 0 Å². The van der Waals surface area contributed by atoms with E-state index < -0.39 is 35.5 Å². The molecule has 4 rings (SSSR count). The van der Waals surface area contributed by atoms with Gasteiger partial charge in [-0.1, -0.05) is 0 Å². The van der Waals surface area contributed by atoms with Crippen LogP contribution in [0.2, 0.25) is 0 Å². The summed E-state index contributed by atoms with van der Waals surface area (Å²) in [5, 5.41) is 2.56. The molecule has 0 aliphatic carbocycles. The summed E-state index contributed by atoms with van der Waals surface area (Å²) < 4.78 is 54.3. The van der Waals surface area contributed by atoms with Crippen LogP contribution in [-0.2, 0) is 6.18 Å². The quantitative estimate of drug-likeness (QED) is 0.619. The van der Waals surface area contributed by atoms with Gasteiger partial charge in [-0.3, -0.25) is 14.6 Å². The highest BCUT2D eigenvalue weighted by Crippen LogP contribution is 2.34. The smallest absolute Gasteiger partial charge is 0.321 e. The maximum Gasteiger partial charge on any atom is 0.416 e. The van der Waals surface area contributed by atoms with E-state index in [2.05, 4.69) is 10.3 Å². The standard InChI is InChI=1S/C21H16F4N4O2/c1-12-11-28(15-6-4-13(5-7-15)21(23,24)25)20(31)18-16(9-17(22)29(12)18)19(30)27-14-3-2-8-26-10-14/h2-10,12H,11H2,1H3,(H,27,30)/t12-/m0/s1. The first-order valence-electron chi connectivity index (χ1n) is 9.28.